The lowest BCUT2D eigenvalue weighted by Crippen LogP contribution is -2.36. The van der Waals surface area contributed by atoms with Crippen molar-refractivity contribution in [3.63, 3.8) is 0 Å². The predicted molar refractivity (Wildman–Crippen MR) is 88.2 cm³/mol. The molecule has 0 aliphatic rings. The second-order valence-electron chi connectivity index (χ2n) is 6.58. The number of aliphatic hydroxyl groups excluding tert-OH is 1. The zero-order chi connectivity index (χ0) is 16.5. The van der Waals surface area contributed by atoms with Gasteiger partial charge in [-0.1, -0.05) is 26.0 Å². The van der Waals surface area contributed by atoms with Gasteiger partial charge in [0, 0.05) is 13.1 Å². The third-order valence-electron chi connectivity index (χ3n) is 3.43. The Balaban J connectivity index is 2.56. The quantitative estimate of drug-likeness (QED) is 0.718. The van der Waals surface area contributed by atoms with Crippen molar-refractivity contribution in [2.45, 2.75) is 52.9 Å². The van der Waals surface area contributed by atoms with Crippen LogP contribution in [0.15, 0.2) is 24.3 Å². The number of rotatable bonds is 10. The molecule has 0 saturated carbocycles. The number of hydrogen-bond acceptors (Lipinski definition) is 3. The van der Waals surface area contributed by atoms with Gasteiger partial charge in [-0.15, -0.1) is 0 Å². The minimum atomic E-state index is -0.505. The molecule has 1 aromatic carbocycles. The highest BCUT2D eigenvalue weighted by Crippen LogP contribution is 2.10. The zero-order valence-corrected chi connectivity index (χ0v) is 14.3. The molecule has 0 spiro atoms. The normalized spacial score (nSPS) is 13.3. The average molecular weight is 311 g/mol. The fourth-order valence-corrected chi connectivity index (χ4v) is 2.18. The fourth-order valence-electron chi connectivity index (χ4n) is 2.18. The molecule has 0 radical (unpaired) electrons. The Morgan fingerprint density at radius 2 is 1.77 bits per heavy atom. The molecule has 1 N–H and O–H groups in total. The lowest BCUT2D eigenvalue weighted by Gasteiger charge is -2.26. The highest BCUT2D eigenvalue weighted by atomic mass is 19.1. The lowest BCUT2D eigenvalue weighted by atomic mass is 10.1. The van der Waals surface area contributed by atoms with E-state index in [1.165, 1.54) is 12.1 Å². The summed E-state index contributed by atoms with van der Waals surface area (Å²) >= 11 is 0. The topological polar surface area (TPSA) is 32.7 Å². The number of halogens is 1. The molecule has 0 bridgehead atoms. The molecule has 0 amide bonds. The highest BCUT2D eigenvalue weighted by molar-refractivity contribution is 5.15. The van der Waals surface area contributed by atoms with Gasteiger partial charge in [-0.2, -0.15) is 0 Å². The van der Waals surface area contributed by atoms with E-state index in [0.717, 1.165) is 18.5 Å². The third kappa shape index (κ3) is 8.47. The van der Waals surface area contributed by atoms with Crippen LogP contribution in [-0.4, -0.2) is 41.9 Å². The molecule has 0 aliphatic carbocycles. The van der Waals surface area contributed by atoms with Crippen molar-refractivity contribution in [2.24, 2.45) is 5.92 Å². The van der Waals surface area contributed by atoms with Crippen LogP contribution in [0.1, 0.15) is 39.7 Å². The van der Waals surface area contributed by atoms with E-state index in [9.17, 15) is 9.50 Å². The molecule has 1 atom stereocenters. The SMILES string of the molecule is CC(C)CCN(Cc1ccc(F)cc1)C[C@H](O)COC(C)C. The van der Waals surface area contributed by atoms with Crippen LogP contribution in [-0.2, 0) is 11.3 Å². The van der Waals surface area contributed by atoms with Gasteiger partial charge < -0.3 is 9.84 Å². The number of nitrogens with zero attached hydrogens (tertiary/aromatic N) is 1. The van der Waals surface area contributed by atoms with Crippen molar-refractivity contribution >= 4 is 0 Å². The summed E-state index contributed by atoms with van der Waals surface area (Å²) in [6.45, 7) is 10.8. The Bertz CT molecular complexity index is 406. The van der Waals surface area contributed by atoms with E-state index < -0.39 is 6.10 Å². The van der Waals surface area contributed by atoms with Crippen LogP contribution in [0.2, 0.25) is 0 Å². The smallest absolute Gasteiger partial charge is 0.123 e. The first-order valence-corrected chi connectivity index (χ1v) is 8.13. The first-order chi connectivity index (χ1) is 10.4. The van der Waals surface area contributed by atoms with Crippen molar-refractivity contribution in [1.29, 1.82) is 0 Å². The average Bonchev–Trinajstić information content (AvgIpc) is 2.45. The molecule has 3 nitrogen and oxygen atoms in total. The van der Waals surface area contributed by atoms with Crippen LogP contribution in [0.4, 0.5) is 4.39 Å². The van der Waals surface area contributed by atoms with Crippen LogP contribution >= 0.6 is 0 Å². The molecule has 4 heteroatoms. The summed E-state index contributed by atoms with van der Waals surface area (Å²) in [5.41, 5.74) is 1.06. The Morgan fingerprint density at radius 3 is 2.32 bits per heavy atom. The van der Waals surface area contributed by atoms with Crippen LogP contribution in [0.25, 0.3) is 0 Å². The number of benzene rings is 1. The molecule has 0 fully saturated rings. The summed E-state index contributed by atoms with van der Waals surface area (Å²) < 4.78 is 18.5. The van der Waals surface area contributed by atoms with E-state index in [0.29, 0.717) is 25.6 Å². The standard InChI is InChI=1S/C18H30FNO2/c1-14(2)9-10-20(12-18(21)13-22-15(3)4)11-16-5-7-17(19)8-6-16/h5-8,14-15,18,21H,9-13H2,1-4H3/t18-/m0/s1. The molecule has 1 aromatic rings. The monoisotopic (exact) mass is 311 g/mol. The van der Waals surface area contributed by atoms with Crippen LogP contribution in [0.5, 0.6) is 0 Å². The molecule has 0 aliphatic heterocycles. The second kappa shape index (κ2) is 9.93. The molecule has 0 saturated heterocycles. The minimum absolute atomic E-state index is 0.121. The van der Waals surface area contributed by atoms with Crippen molar-refractivity contribution in [3.05, 3.63) is 35.6 Å². The van der Waals surface area contributed by atoms with E-state index in [4.69, 9.17) is 4.74 Å². The Labute approximate surface area is 134 Å². The molecule has 0 heterocycles. The summed E-state index contributed by atoms with van der Waals surface area (Å²) in [4.78, 5) is 2.21. The summed E-state index contributed by atoms with van der Waals surface area (Å²) in [5.74, 6) is 0.391. The first-order valence-electron chi connectivity index (χ1n) is 8.13. The summed E-state index contributed by atoms with van der Waals surface area (Å²) in [7, 11) is 0. The van der Waals surface area contributed by atoms with E-state index in [1.807, 2.05) is 13.8 Å². The molecular formula is C18H30FNO2. The maximum absolute atomic E-state index is 13.0. The highest BCUT2D eigenvalue weighted by Gasteiger charge is 2.14. The van der Waals surface area contributed by atoms with E-state index >= 15 is 0 Å². The molecule has 0 unspecified atom stereocenters. The minimum Gasteiger partial charge on any atom is -0.389 e. The number of ether oxygens (including phenoxy) is 1. The summed E-state index contributed by atoms with van der Waals surface area (Å²) in [6.07, 6.45) is 0.685. The lowest BCUT2D eigenvalue weighted by molar-refractivity contribution is -0.00998. The number of aliphatic hydroxyl groups is 1. The first kappa shape index (κ1) is 19.1. The van der Waals surface area contributed by atoms with Crippen molar-refractivity contribution in [2.75, 3.05) is 19.7 Å². The van der Waals surface area contributed by atoms with Gasteiger partial charge in [-0.3, -0.25) is 4.90 Å². The van der Waals surface area contributed by atoms with Gasteiger partial charge in [0.1, 0.15) is 5.82 Å². The van der Waals surface area contributed by atoms with Crippen molar-refractivity contribution in [3.8, 4) is 0 Å². The van der Waals surface area contributed by atoms with E-state index in [-0.39, 0.29) is 11.9 Å². The van der Waals surface area contributed by atoms with Crippen molar-refractivity contribution in [1.82, 2.24) is 4.90 Å². The fraction of sp³-hybridized carbons (Fsp3) is 0.667. The Morgan fingerprint density at radius 1 is 1.14 bits per heavy atom. The molecule has 126 valence electrons. The van der Waals surface area contributed by atoms with Gasteiger partial charge in [-0.25, -0.2) is 4.39 Å². The van der Waals surface area contributed by atoms with Gasteiger partial charge in [0.2, 0.25) is 0 Å². The summed E-state index contributed by atoms with van der Waals surface area (Å²) in [5, 5.41) is 10.1. The van der Waals surface area contributed by atoms with E-state index in [2.05, 4.69) is 18.7 Å². The molecule has 22 heavy (non-hydrogen) atoms. The largest absolute Gasteiger partial charge is 0.389 e. The zero-order valence-electron chi connectivity index (χ0n) is 14.3. The van der Waals surface area contributed by atoms with Gasteiger partial charge >= 0.3 is 0 Å². The number of hydrogen-bond donors (Lipinski definition) is 1. The predicted octanol–water partition coefficient (Wildman–Crippen LogP) is 3.46. The van der Waals surface area contributed by atoms with Gasteiger partial charge in [-0.05, 0) is 50.4 Å². The Kier molecular flexibility index (Phi) is 8.61. The van der Waals surface area contributed by atoms with Crippen LogP contribution < -0.4 is 0 Å². The van der Waals surface area contributed by atoms with Crippen LogP contribution in [0, 0.1) is 11.7 Å². The van der Waals surface area contributed by atoms with Crippen LogP contribution in [0.3, 0.4) is 0 Å². The van der Waals surface area contributed by atoms with Gasteiger partial charge in [0.15, 0.2) is 0 Å². The maximum Gasteiger partial charge on any atom is 0.123 e. The molecule has 1 rings (SSSR count). The summed E-state index contributed by atoms with van der Waals surface area (Å²) in [6, 6.07) is 6.56. The maximum atomic E-state index is 13.0. The third-order valence-corrected chi connectivity index (χ3v) is 3.43. The van der Waals surface area contributed by atoms with Gasteiger partial charge in [0.05, 0.1) is 18.8 Å². The van der Waals surface area contributed by atoms with Crippen molar-refractivity contribution < 1.29 is 14.2 Å². The van der Waals surface area contributed by atoms with Gasteiger partial charge in [0.25, 0.3) is 0 Å². The molecular weight excluding hydrogens is 281 g/mol. The Hall–Kier alpha value is -0.970. The molecule has 0 aromatic heterocycles. The van der Waals surface area contributed by atoms with E-state index in [1.54, 1.807) is 12.1 Å². The second-order valence-corrected chi connectivity index (χ2v) is 6.58.